The molecular weight excluding hydrogens is 541 g/mol. The lowest BCUT2D eigenvalue weighted by Crippen LogP contribution is -2.32. The molecule has 43 heavy (non-hydrogen) atoms. The number of rotatable bonds is 12. The summed E-state index contributed by atoms with van der Waals surface area (Å²) in [6, 6.07) is 14.7. The average molecular weight is 586 g/mol. The van der Waals surface area contributed by atoms with Crippen molar-refractivity contribution >= 4 is 11.2 Å². The van der Waals surface area contributed by atoms with Crippen LogP contribution in [0.2, 0.25) is 0 Å². The lowest BCUT2D eigenvalue weighted by atomic mass is 10.0. The Morgan fingerprint density at radius 3 is 2.37 bits per heavy atom. The molecule has 0 spiro atoms. The van der Waals surface area contributed by atoms with E-state index in [2.05, 4.69) is 66.6 Å². The van der Waals surface area contributed by atoms with Gasteiger partial charge in [-0.05, 0) is 106 Å². The van der Waals surface area contributed by atoms with E-state index in [1.165, 1.54) is 18.5 Å². The molecule has 1 saturated heterocycles. The van der Waals surface area contributed by atoms with Gasteiger partial charge in [0.05, 0.1) is 29.2 Å². The summed E-state index contributed by atoms with van der Waals surface area (Å²) >= 11 is 0. The van der Waals surface area contributed by atoms with Gasteiger partial charge >= 0.3 is 0 Å². The molecule has 7 heteroatoms. The van der Waals surface area contributed by atoms with Crippen LogP contribution in [0.5, 0.6) is 11.5 Å². The first kappa shape index (κ1) is 29.5. The van der Waals surface area contributed by atoms with Crippen LogP contribution in [0.4, 0.5) is 10.1 Å². The number of fused-ring (bicyclic) bond motifs is 1. The van der Waals surface area contributed by atoms with E-state index in [0.29, 0.717) is 11.7 Å². The number of ether oxygens (including phenoxy) is 3. The highest BCUT2D eigenvalue weighted by atomic mass is 19.1. The number of nitrogens with zero attached hydrogens (tertiary/aromatic N) is 3. The summed E-state index contributed by atoms with van der Waals surface area (Å²) in [6.07, 6.45) is 4.60. The van der Waals surface area contributed by atoms with Gasteiger partial charge in [0.1, 0.15) is 18.1 Å². The fourth-order valence-corrected chi connectivity index (χ4v) is 6.64. The number of hydrogen-bond donors (Lipinski definition) is 0. The van der Waals surface area contributed by atoms with Gasteiger partial charge in [-0.25, -0.2) is 8.91 Å². The second kappa shape index (κ2) is 12.6. The second-order valence-corrected chi connectivity index (χ2v) is 12.5. The summed E-state index contributed by atoms with van der Waals surface area (Å²) in [5, 5.41) is 5.24. The van der Waals surface area contributed by atoms with Gasteiger partial charge in [-0.15, -0.1) is 0 Å². The molecule has 6 rings (SSSR count). The summed E-state index contributed by atoms with van der Waals surface area (Å²) < 4.78 is 33.1. The minimum absolute atomic E-state index is 0.274. The lowest BCUT2D eigenvalue weighted by molar-refractivity contribution is 0.185. The molecule has 2 fully saturated rings. The number of anilines is 1. The molecule has 0 N–H and O–H groups in total. The number of pyridine rings is 1. The second-order valence-electron chi connectivity index (χ2n) is 12.5. The SMILES string of the molecule is CCc1nn2c(-c3c(C)cc(C)cc3OCc3c(C)cc(C)cc3OCF)cccc2c1N(CC1CC1)CC1CCOC1. The first-order chi connectivity index (χ1) is 20.9. The lowest BCUT2D eigenvalue weighted by Gasteiger charge is -2.27. The average Bonchev–Trinajstić information content (AvgIpc) is 3.47. The van der Waals surface area contributed by atoms with Crippen molar-refractivity contribution < 1.29 is 18.6 Å². The van der Waals surface area contributed by atoms with Gasteiger partial charge in [0.25, 0.3) is 0 Å². The normalized spacial score (nSPS) is 16.7. The predicted molar refractivity (Wildman–Crippen MR) is 170 cm³/mol. The Hall–Kier alpha value is -3.58. The van der Waals surface area contributed by atoms with Crippen molar-refractivity contribution in [2.24, 2.45) is 11.8 Å². The minimum Gasteiger partial charge on any atom is -0.488 e. The predicted octanol–water partition coefficient (Wildman–Crippen LogP) is 7.94. The Morgan fingerprint density at radius 1 is 0.930 bits per heavy atom. The van der Waals surface area contributed by atoms with Gasteiger partial charge in [0.2, 0.25) is 6.86 Å². The van der Waals surface area contributed by atoms with Crippen LogP contribution in [0.3, 0.4) is 0 Å². The topological polar surface area (TPSA) is 48.2 Å². The van der Waals surface area contributed by atoms with Crippen LogP contribution in [0.25, 0.3) is 16.8 Å². The molecule has 1 aliphatic carbocycles. The maximum absolute atomic E-state index is 13.2. The van der Waals surface area contributed by atoms with E-state index in [0.717, 1.165) is 101 Å². The molecular formula is C36H44FN3O3. The van der Waals surface area contributed by atoms with Crippen LogP contribution >= 0.6 is 0 Å². The smallest absolute Gasteiger partial charge is 0.228 e. The third kappa shape index (κ3) is 6.23. The number of hydrogen-bond acceptors (Lipinski definition) is 5. The van der Waals surface area contributed by atoms with Gasteiger partial charge < -0.3 is 19.1 Å². The molecule has 2 aromatic heterocycles. The third-order valence-corrected chi connectivity index (χ3v) is 8.89. The van der Waals surface area contributed by atoms with E-state index in [1.807, 2.05) is 19.9 Å². The zero-order chi connectivity index (χ0) is 30.1. The van der Waals surface area contributed by atoms with E-state index < -0.39 is 6.86 Å². The fourth-order valence-electron chi connectivity index (χ4n) is 6.64. The Kier molecular flexibility index (Phi) is 8.62. The molecule has 0 amide bonds. The van der Waals surface area contributed by atoms with Gasteiger partial charge in [0, 0.05) is 36.7 Å². The molecule has 228 valence electrons. The standard InChI is InChI=1S/C36H44FN3O3/c1-6-30-36(39(18-27-10-11-27)19-28-12-13-41-20-28)32-9-7-8-31(40(32)38-30)35-26(5)15-24(3)17-34(35)42-21-29-25(4)14-23(2)16-33(29)43-22-37/h7-9,14-17,27-28H,6,10-13,18-22H2,1-5H3. The Labute approximate surface area is 254 Å². The molecule has 4 aromatic rings. The first-order valence-electron chi connectivity index (χ1n) is 15.7. The van der Waals surface area contributed by atoms with Crippen LogP contribution in [0.15, 0.2) is 42.5 Å². The van der Waals surface area contributed by atoms with Crippen molar-refractivity contribution in [3.63, 3.8) is 0 Å². The van der Waals surface area contributed by atoms with Gasteiger partial charge in [-0.3, -0.25) is 0 Å². The molecule has 6 nitrogen and oxygen atoms in total. The highest BCUT2D eigenvalue weighted by Gasteiger charge is 2.30. The van der Waals surface area contributed by atoms with Gasteiger partial charge in [0.15, 0.2) is 0 Å². The molecule has 1 atom stereocenters. The summed E-state index contributed by atoms with van der Waals surface area (Å²) in [7, 11) is 0. The minimum atomic E-state index is -0.875. The van der Waals surface area contributed by atoms with Crippen molar-refractivity contribution in [3.05, 3.63) is 76.0 Å². The van der Waals surface area contributed by atoms with E-state index >= 15 is 0 Å². The number of halogens is 1. The van der Waals surface area contributed by atoms with E-state index in [1.54, 1.807) is 0 Å². The van der Waals surface area contributed by atoms with Crippen molar-refractivity contribution in [1.82, 2.24) is 9.61 Å². The van der Waals surface area contributed by atoms with Crippen LogP contribution in [-0.2, 0) is 17.8 Å². The Morgan fingerprint density at radius 2 is 1.67 bits per heavy atom. The highest BCUT2D eigenvalue weighted by Crippen LogP contribution is 2.40. The van der Waals surface area contributed by atoms with Crippen molar-refractivity contribution in [1.29, 1.82) is 0 Å². The van der Waals surface area contributed by atoms with Gasteiger partial charge in [-0.2, -0.15) is 5.10 Å². The molecule has 2 aromatic carbocycles. The molecule has 0 bridgehead atoms. The van der Waals surface area contributed by atoms with Crippen LogP contribution in [0.1, 0.15) is 59.7 Å². The Balaban J connectivity index is 1.42. The summed E-state index contributed by atoms with van der Waals surface area (Å²) in [5.41, 5.74) is 10.7. The van der Waals surface area contributed by atoms with Crippen molar-refractivity contribution in [3.8, 4) is 22.8 Å². The van der Waals surface area contributed by atoms with Gasteiger partial charge in [-0.1, -0.05) is 25.1 Å². The maximum atomic E-state index is 13.2. The molecule has 2 aliphatic rings. The molecule has 1 unspecified atom stereocenters. The van der Waals surface area contributed by atoms with E-state index in [4.69, 9.17) is 19.3 Å². The van der Waals surface area contributed by atoms with Crippen molar-refractivity contribution in [2.75, 3.05) is 38.1 Å². The van der Waals surface area contributed by atoms with Crippen LogP contribution < -0.4 is 14.4 Å². The zero-order valence-electron chi connectivity index (χ0n) is 26.2. The summed E-state index contributed by atoms with van der Waals surface area (Å²) in [6.45, 7) is 13.6. The quantitative estimate of drug-likeness (QED) is 0.169. The molecule has 0 radical (unpaired) electrons. The van der Waals surface area contributed by atoms with E-state index in [9.17, 15) is 4.39 Å². The Bertz CT molecular complexity index is 1600. The number of benzene rings is 2. The number of aryl methyl sites for hydroxylation is 5. The van der Waals surface area contributed by atoms with E-state index in [-0.39, 0.29) is 6.61 Å². The van der Waals surface area contributed by atoms with Crippen LogP contribution in [0, 0.1) is 39.5 Å². The maximum Gasteiger partial charge on any atom is 0.228 e. The highest BCUT2D eigenvalue weighted by molar-refractivity contribution is 5.81. The molecule has 1 saturated carbocycles. The largest absolute Gasteiger partial charge is 0.488 e. The summed E-state index contributed by atoms with van der Waals surface area (Å²) in [5.74, 6) is 2.63. The number of alkyl halides is 1. The first-order valence-corrected chi connectivity index (χ1v) is 15.7. The molecule has 1 aliphatic heterocycles. The third-order valence-electron chi connectivity index (χ3n) is 8.89. The fraction of sp³-hybridized carbons (Fsp3) is 0.472. The summed E-state index contributed by atoms with van der Waals surface area (Å²) in [4.78, 5) is 2.61. The van der Waals surface area contributed by atoms with Crippen molar-refractivity contribution in [2.45, 2.75) is 66.9 Å². The number of aromatic nitrogens is 2. The van der Waals surface area contributed by atoms with Crippen LogP contribution in [-0.4, -0.2) is 42.8 Å². The molecule has 3 heterocycles. The monoisotopic (exact) mass is 585 g/mol. The zero-order valence-corrected chi connectivity index (χ0v) is 26.2.